The second-order valence-corrected chi connectivity index (χ2v) is 10.5. The fraction of sp³-hybridized carbons (Fsp3) is 0.375. The van der Waals surface area contributed by atoms with Gasteiger partial charge in [0.25, 0.3) is 0 Å². The van der Waals surface area contributed by atoms with E-state index in [0.717, 1.165) is 0 Å². The van der Waals surface area contributed by atoms with Gasteiger partial charge in [-0.1, -0.05) is 42.5 Å². The van der Waals surface area contributed by atoms with Gasteiger partial charge in [0.15, 0.2) is 34.8 Å². The van der Waals surface area contributed by atoms with Gasteiger partial charge in [-0.05, 0) is 74.5 Å². The molecular formula is C32H30F6O2. The van der Waals surface area contributed by atoms with Crippen molar-refractivity contribution in [1.82, 2.24) is 0 Å². The molecule has 0 bridgehead atoms. The Morgan fingerprint density at radius 2 is 1.38 bits per heavy atom. The van der Waals surface area contributed by atoms with E-state index >= 15 is 8.78 Å². The topological polar surface area (TPSA) is 21.8 Å². The lowest BCUT2D eigenvalue weighted by Crippen LogP contribution is -2.20. The van der Waals surface area contributed by atoms with E-state index in [1.165, 1.54) is 36.4 Å². The molecule has 3 aromatic rings. The summed E-state index contributed by atoms with van der Waals surface area (Å²) >= 11 is 0. The number of epoxide rings is 1. The van der Waals surface area contributed by atoms with E-state index in [9.17, 15) is 17.6 Å². The van der Waals surface area contributed by atoms with Crippen LogP contribution in [-0.2, 0) is 11.2 Å². The average Bonchev–Trinajstić information content (AvgIpc) is 3.80. The molecule has 2 fully saturated rings. The van der Waals surface area contributed by atoms with Crippen LogP contribution in [0.4, 0.5) is 26.3 Å². The van der Waals surface area contributed by atoms with Crippen molar-refractivity contribution in [3.8, 4) is 16.9 Å². The van der Waals surface area contributed by atoms with Crippen molar-refractivity contribution in [3.05, 3.63) is 100 Å². The lowest BCUT2D eigenvalue weighted by Gasteiger charge is -2.29. The van der Waals surface area contributed by atoms with Crippen LogP contribution in [0.1, 0.15) is 67.7 Å². The molecule has 212 valence electrons. The monoisotopic (exact) mass is 560 g/mol. The van der Waals surface area contributed by atoms with Crippen molar-refractivity contribution >= 4 is 0 Å². The highest BCUT2D eigenvalue weighted by Crippen LogP contribution is 2.41. The number of aryl methyl sites for hydroxylation is 1. The van der Waals surface area contributed by atoms with Crippen LogP contribution < -0.4 is 4.74 Å². The molecule has 1 heterocycles. The molecule has 0 N–H and O–H groups in total. The number of rotatable bonds is 9. The van der Waals surface area contributed by atoms with Crippen LogP contribution in [0, 0.1) is 40.8 Å². The minimum absolute atomic E-state index is 0.0475. The molecule has 0 spiro atoms. The first-order chi connectivity index (χ1) is 19.3. The summed E-state index contributed by atoms with van der Waals surface area (Å²) in [6.45, 7) is 2.34. The van der Waals surface area contributed by atoms with Gasteiger partial charge in [0, 0.05) is 16.7 Å². The van der Waals surface area contributed by atoms with Gasteiger partial charge >= 0.3 is 0 Å². The maximum absolute atomic E-state index is 15.1. The molecular weight excluding hydrogens is 530 g/mol. The highest BCUT2D eigenvalue weighted by molar-refractivity contribution is 5.66. The van der Waals surface area contributed by atoms with Gasteiger partial charge in [0.05, 0.1) is 13.2 Å². The molecule has 1 saturated carbocycles. The number of halogens is 6. The Hall–Kier alpha value is -3.26. The van der Waals surface area contributed by atoms with Crippen LogP contribution in [0.25, 0.3) is 11.1 Å². The quantitative estimate of drug-likeness (QED) is 0.148. The molecule has 0 amide bonds. The van der Waals surface area contributed by atoms with Gasteiger partial charge in [-0.15, -0.1) is 0 Å². The Morgan fingerprint density at radius 3 is 2.00 bits per heavy atom. The Labute approximate surface area is 229 Å². The Bertz CT molecular complexity index is 1410. The second kappa shape index (κ2) is 12.1. The molecule has 1 aliphatic heterocycles. The Balaban J connectivity index is 1.21. The SMILES string of the molecule is C/C=C/CCc1ccc(OCC2CCC(c3ccc(-c4ccc(C5CO5)c(F)c4F)c(F)c3F)CC2)c(F)c1F. The molecule has 0 aromatic heterocycles. The van der Waals surface area contributed by atoms with Gasteiger partial charge in [-0.25, -0.2) is 22.0 Å². The summed E-state index contributed by atoms with van der Waals surface area (Å²) in [6, 6.07) is 8.26. The number of allylic oxidation sites excluding steroid dienone is 2. The van der Waals surface area contributed by atoms with Crippen molar-refractivity contribution in [2.24, 2.45) is 5.92 Å². The highest BCUT2D eigenvalue weighted by Gasteiger charge is 2.32. The summed E-state index contributed by atoms with van der Waals surface area (Å²) in [5.74, 6) is -6.90. The maximum Gasteiger partial charge on any atom is 0.200 e. The van der Waals surface area contributed by atoms with Crippen LogP contribution in [-0.4, -0.2) is 13.2 Å². The molecule has 2 nitrogen and oxygen atoms in total. The summed E-state index contributed by atoms with van der Waals surface area (Å²) in [7, 11) is 0. The van der Waals surface area contributed by atoms with Gasteiger partial charge in [-0.2, -0.15) is 4.39 Å². The van der Waals surface area contributed by atoms with E-state index in [1.54, 1.807) is 0 Å². The minimum atomic E-state index is -1.24. The van der Waals surface area contributed by atoms with E-state index < -0.39 is 41.0 Å². The third-order valence-corrected chi connectivity index (χ3v) is 7.90. The molecule has 1 unspecified atom stereocenters. The summed E-state index contributed by atoms with van der Waals surface area (Å²) in [6.07, 6.45) is 6.59. The van der Waals surface area contributed by atoms with Crippen molar-refractivity contribution in [1.29, 1.82) is 0 Å². The van der Waals surface area contributed by atoms with Crippen molar-refractivity contribution in [3.63, 3.8) is 0 Å². The van der Waals surface area contributed by atoms with Crippen molar-refractivity contribution in [2.45, 2.75) is 57.5 Å². The number of hydrogen-bond donors (Lipinski definition) is 0. The molecule has 5 rings (SSSR count). The zero-order chi connectivity index (χ0) is 28.4. The summed E-state index contributed by atoms with van der Waals surface area (Å²) in [5, 5.41) is 0. The van der Waals surface area contributed by atoms with E-state index in [4.69, 9.17) is 9.47 Å². The van der Waals surface area contributed by atoms with Crippen LogP contribution in [0.5, 0.6) is 5.75 Å². The molecule has 8 heteroatoms. The number of hydrogen-bond acceptors (Lipinski definition) is 2. The predicted octanol–water partition coefficient (Wildman–Crippen LogP) is 9.12. The highest BCUT2D eigenvalue weighted by atomic mass is 19.2. The summed E-state index contributed by atoms with van der Waals surface area (Å²) in [4.78, 5) is 0. The first-order valence-corrected chi connectivity index (χ1v) is 13.6. The third kappa shape index (κ3) is 5.78. The zero-order valence-electron chi connectivity index (χ0n) is 22.1. The molecule has 1 aliphatic carbocycles. The normalized spacial score (nSPS) is 20.7. The Morgan fingerprint density at radius 1 is 0.750 bits per heavy atom. The first kappa shape index (κ1) is 28.3. The van der Waals surface area contributed by atoms with Gasteiger partial charge in [0.2, 0.25) is 5.82 Å². The number of benzene rings is 3. The van der Waals surface area contributed by atoms with E-state index in [0.29, 0.717) is 50.7 Å². The maximum atomic E-state index is 15.1. The molecule has 1 atom stereocenters. The van der Waals surface area contributed by atoms with E-state index in [2.05, 4.69) is 0 Å². The first-order valence-electron chi connectivity index (χ1n) is 13.6. The fourth-order valence-corrected chi connectivity index (χ4v) is 5.47. The summed E-state index contributed by atoms with van der Waals surface area (Å²) < 4.78 is 98.9. The zero-order valence-corrected chi connectivity index (χ0v) is 22.1. The van der Waals surface area contributed by atoms with Crippen LogP contribution in [0.15, 0.2) is 48.6 Å². The van der Waals surface area contributed by atoms with Gasteiger partial charge in [0.1, 0.15) is 6.10 Å². The minimum Gasteiger partial charge on any atom is -0.490 e. The molecule has 3 aromatic carbocycles. The average molecular weight is 561 g/mol. The van der Waals surface area contributed by atoms with Crippen molar-refractivity contribution in [2.75, 3.05) is 13.2 Å². The lowest BCUT2D eigenvalue weighted by atomic mass is 9.78. The van der Waals surface area contributed by atoms with Crippen LogP contribution in [0.2, 0.25) is 0 Å². The molecule has 2 aliphatic rings. The fourth-order valence-electron chi connectivity index (χ4n) is 5.47. The predicted molar refractivity (Wildman–Crippen MR) is 140 cm³/mol. The largest absolute Gasteiger partial charge is 0.490 e. The smallest absolute Gasteiger partial charge is 0.200 e. The third-order valence-electron chi connectivity index (χ3n) is 7.90. The lowest BCUT2D eigenvalue weighted by molar-refractivity contribution is 0.191. The van der Waals surface area contributed by atoms with Gasteiger partial charge < -0.3 is 9.47 Å². The van der Waals surface area contributed by atoms with Crippen LogP contribution >= 0.6 is 0 Å². The molecule has 40 heavy (non-hydrogen) atoms. The van der Waals surface area contributed by atoms with E-state index in [1.807, 2.05) is 19.1 Å². The van der Waals surface area contributed by atoms with Crippen LogP contribution in [0.3, 0.4) is 0 Å². The Kier molecular flexibility index (Phi) is 8.54. The van der Waals surface area contributed by atoms with Gasteiger partial charge in [-0.3, -0.25) is 0 Å². The summed E-state index contributed by atoms with van der Waals surface area (Å²) in [5.41, 5.74) is -0.151. The number of ether oxygens (including phenoxy) is 2. The molecule has 1 saturated heterocycles. The molecule has 0 radical (unpaired) electrons. The second-order valence-electron chi connectivity index (χ2n) is 10.5. The van der Waals surface area contributed by atoms with E-state index in [-0.39, 0.29) is 46.4 Å². The van der Waals surface area contributed by atoms with Crippen molar-refractivity contribution < 1.29 is 35.8 Å². The standard InChI is InChI=1S/C32H30F6O2/c1-2-3-4-5-20-10-15-25(32(38)27(20)33)39-16-18-6-8-19(9-7-18)21-11-12-22(29(35)28(21)34)23-13-14-24(26-17-40-26)31(37)30(23)36/h2-3,10-15,18-19,26H,4-9,16-17H2,1H3/b3-2+.